The zero-order valence-electron chi connectivity index (χ0n) is 23.9. The van der Waals surface area contributed by atoms with Crippen LogP contribution < -0.4 is 16.0 Å². The van der Waals surface area contributed by atoms with Crippen LogP contribution in [0.5, 0.6) is 0 Å². The van der Waals surface area contributed by atoms with Gasteiger partial charge in [0.2, 0.25) is 0 Å². The van der Waals surface area contributed by atoms with Gasteiger partial charge in [-0.05, 0) is 44.7 Å². The molecule has 0 bridgehead atoms. The second-order valence-electron chi connectivity index (χ2n) is 11.7. The van der Waals surface area contributed by atoms with Gasteiger partial charge in [0.1, 0.15) is 5.60 Å². The minimum Gasteiger partial charge on any atom is -0.444 e. The number of aliphatic hydroxyl groups excluding tert-OH is 2. The number of ether oxygens (including phenoxy) is 1. The van der Waals surface area contributed by atoms with Crippen molar-refractivity contribution >= 4 is 23.1 Å². The lowest BCUT2D eigenvalue weighted by molar-refractivity contribution is 0.0416. The summed E-state index contributed by atoms with van der Waals surface area (Å²) in [6.45, 7) is 11.5. The monoisotopic (exact) mass is 559 g/mol. The van der Waals surface area contributed by atoms with Crippen molar-refractivity contribution in [1.82, 2.24) is 16.0 Å². The predicted molar refractivity (Wildman–Crippen MR) is 158 cm³/mol. The van der Waals surface area contributed by atoms with E-state index in [2.05, 4.69) is 16.0 Å². The Labute approximate surface area is 237 Å². The number of carbonyl (C=O) groups is 2. The fourth-order valence-corrected chi connectivity index (χ4v) is 4.65. The summed E-state index contributed by atoms with van der Waals surface area (Å²) in [6.07, 6.45) is -1.61. The first kappa shape index (κ1) is 32.6. The van der Waals surface area contributed by atoms with E-state index in [4.69, 9.17) is 4.74 Å². The highest BCUT2D eigenvalue weighted by Crippen LogP contribution is 2.24. The minimum atomic E-state index is -0.955. The molecule has 0 aliphatic carbocycles. The summed E-state index contributed by atoms with van der Waals surface area (Å²) in [4.78, 5) is 25.1. The van der Waals surface area contributed by atoms with Gasteiger partial charge in [0.05, 0.1) is 24.3 Å². The summed E-state index contributed by atoms with van der Waals surface area (Å²) in [5.41, 5.74) is 1.28. The Morgan fingerprint density at radius 3 is 1.62 bits per heavy atom. The van der Waals surface area contributed by atoms with Gasteiger partial charge in [-0.25, -0.2) is 4.79 Å². The maximum absolute atomic E-state index is 12.6. The number of alkyl carbamates (subject to hydrolysis) is 1. The molecular formula is C30H45N3O5S. The number of nitrogens with one attached hydrogen (secondary N) is 3. The van der Waals surface area contributed by atoms with Crippen LogP contribution in [0.25, 0.3) is 0 Å². The van der Waals surface area contributed by atoms with E-state index in [0.29, 0.717) is 12.8 Å². The fraction of sp³-hybridized carbons (Fsp3) is 0.533. The van der Waals surface area contributed by atoms with Crippen LogP contribution in [0, 0.1) is 0 Å². The lowest BCUT2D eigenvalue weighted by Gasteiger charge is -2.29. The first-order valence-corrected chi connectivity index (χ1v) is 14.2. The molecule has 2 aromatic rings. The van der Waals surface area contributed by atoms with E-state index in [-0.39, 0.29) is 23.1 Å². The molecule has 2 rings (SSSR count). The van der Waals surface area contributed by atoms with Gasteiger partial charge in [-0.3, -0.25) is 4.79 Å². The highest BCUT2D eigenvalue weighted by atomic mass is 32.2. The SMILES string of the molecule is CC(C)(C)OC(=O)N[C@H](Cc1ccccc1)[C@@H](O)CNC[C@H](O)[C@@H](Cc1ccccc1)NC(=O)SC(C)(C)C. The fourth-order valence-electron chi connectivity index (χ4n) is 3.88. The molecule has 0 radical (unpaired) electrons. The molecule has 0 aliphatic heterocycles. The smallest absolute Gasteiger partial charge is 0.407 e. The quantitative estimate of drug-likeness (QED) is 0.263. The number of aliphatic hydroxyl groups is 2. The van der Waals surface area contributed by atoms with Gasteiger partial charge < -0.3 is 30.9 Å². The van der Waals surface area contributed by atoms with Crippen LogP contribution in [0.4, 0.5) is 9.59 Å². The van der Waals surface area contributed by atoms with Crippen molar-refractivity contribution in [3.8, 4) is 0 Å². The molecule has 9 heteroatoms. The molecular weight excluding hydrogens is 514 g/mol. The van der Waals surface area contributed by atoms with Crippen LogP contribution in [0.15, 0.2) is 60.7 Å². The molecule has 5 N–H and O–H groups in total. The molecule has 0 unspecified atom stereocenters. The van der Waals surface area contributed by atoms with Crippen molar-refractivity contribution in [3.05, 3.63) is 71.8 Å². The van der Waals surface area contributed by atoms with Gasteiger partial charge in [-0.1, -0.05) is 93.2 Å². The number of benzene rings is 2. The summed E-state index contributed by atoms with van der Waals surface area (Å²) in [6, 6.07) is 18.1. The van der Waals surface area contributed by atoms with Crippen molar-refractivity contribution in [3.63, 3.8) is 0 Å². The third kappa shape index (κ3) is 13.9. The van der Waals surface area contributed by atoms with Crippen molar-refractivity contribution < 1.29 is 24.5 Å². The Hall–Kier alpha value is -2.59. The molecule has 0 fully saturated rings. The molecule has 0 saturated heterocycles. The van der Waals surface area contributed by atoms with Gasteiger partial charge in [-0.2, -0.15) is 0 Å². The van der Waals surface area contributed by atoms with Crippen LogP contribution in [0.1, 0.15) is 52.7 Å². The maximum Gasteiger partial charge on any atom is 0.407 e. The summed E-state index contributed by atoms with van der Waals surface area (Å²) >= 11 is 1.18. The number of rotatable bonds is 12. The van der Waals surface area contributed by atoms with E-state index in [1.165, 1.54) is 11.8 Å². The lowest BCUT2D eigenvalue weighted by Crippen LogP contribution is -2.52. The summed E-state index contributed by atoms with van der Waals surface area (Å²) in [5.74, 6) is 0. The number of thioether (sulfide) groups is 1. The summed E-state index contributed by atoms with van der Waals surface area (Å²) in [7, 11) is 0. The van der Waals surface area contributed by atoms with E-state index in [0.717, 1.165) is 11.1 Å². The normalized spacial score (nSPS) is 15.1. The molecule has 0 aromatic heterocycles. The van der Waals surface area contributed by atoms with E-state index < -0.39 is 36.0 Å². The predicted octanol–water partition coefficient (Wildman–Crippen LogP) is 4.29. The van der Waals surface area contributed by atoms with Gasteiger partial charge >= 0.3 is 6.09 Å². The summed E-state index contributed by atoms with van der Waals surface area (Å²) in [5, 5.41) is 30.7. The Balaban J connectivity index is 2.03. The number of amides is 2. The molecule has 0 heterocycles. The molecule has 8 nitrogen and oxygen atoms in total. The highest BCUT2D eigenvalue weighted by molar-refractivity contribution is 8.14. The van der Waals surface area contributed by atoms with Gasteiger partial charge in [0, 0.05) is 17.8 Å². The average molecular weight is 560 g/mol. The highest BCUT2D eigenvalue weighted by Gasteiger charge is 2.27. The van der Waals surface area contributed by atoms with Crippen molar-refractivity contribution in [2.75, 3.05) is 13.1 Å². The topological polar surface area (TPSA) is 120 Å². The van der Waals surface area contributed by atoms with E-state index in [1.807, 2.05) is 81.4 Å². The number of hydrogen-bond acceptors (Lipinski definition) is 7. The second kappa shape index (κ2) is 15.3. The van der Waals surface area contributed by atoms with Crippen molar-refractivity contribution in [1.29, 1.82) is 0 Å². The van der Waals surface area contributed by atoms with Crippen molar-refractivity contribution in [2.24, 2.45) is 0 Å². The lowest BCUT2D eigenvalue weighted by atomic mass is 10.00. The Kier molecular flexibility index (Phi) is 12.8. The average Bonchev–Trinajstić information content (AvgIpc) is 2.82. The zero-order valence-corrected chi connectivity index (χ0v) is 24.8. The molecule has 39 heavy (non-hydrogen) atoms. The largest absolute Gasteiger partial charge is 0.444 e. The van der Waals surface area contributed by atoms with Gasteiger partial charge in [0.25, 0.3) is 5.24 Å². The molecule has 0 saturated carbocycles. The Bertz CT molecular complexity index is 927. The Morgan fingerprint density at radius 1 is 0.769 bits per heavy atom. The standard InChI is InChI=1S/C30H45N3O5S/c1-29(2,3)38-27(36)32-23(17-21-13-9-7-10-14-21)25(34)19-31-20-26(35)24(18-22-15-11-8-12-16-22)33-28(37)39-30(4,5)6/h7-16,23-26,31,34-35H,17-20H2,1-6H3,(H,32,36)(H,33,37)/t23-,24-,25+,26+/m1/s1. The third-order valence-electron chi connectivity index (χ3n) is 5.64. The maximum atomic E-state index is 12.6. The van der Waals surface area contributed by atoms with Crippen molar-refractivity contribution in [2.45, 2.75) is 89.0 Å². The molecule has 2 amide bonds. The number of hydrogen-bond donors (Lipinski definition) is 5. The van der Waals surface area contributed by atoms with Crippen LogP contribution >= 0.6 is 11.8 Å². The number of carbonyl (C=O) groups excluding carboxylic acids is 2. The first-order chi connectivity index (χ1) is 18.2. The second-order valence-corrected chi connectivity index (χ2v) is 13.5. The van der Waals surface area contributed by atoms with Crippen LogP contribution in [-0.2, 0) is 17.6 Å². The molecule has 0 spiro atoms. The van der Waals surface area contributed by atoms with E-state index in [9.17, 15) is 19.8 Å². The van der Waals surface area contributed by atoms with Gasteiger partial charge in [0.15, 0.2) is 0 Å². The Morgan fingerprint density at radius 2 is 1.21 bits per heavy atom. The van der Waals surface area contributed by atoms with E-state index in [1.54, 1.807) is 20.8 Å². The van der Waals surface area contributed by atoms with Gasteiger partial charge in [-0.15, -0.1) is 0 Å². The molecule has 4 atom stereocenters. The van der Waals surface area contributed by atoms with Crippen LogP contribution in [-0.4, -0.2) is 69.3 Å². The van der Waals surface area contributed by atoms with Crippen LogP contribution in [0.2, 0.25) is 0 Å². The molecule has 2 aromatic carbocycles. The van der Waals surface area contributed by atoms with Crippen LogP contribution in [0.3, 0.4) is 0 Å². The zero-order chi connectivity index (χ0) is 29.1. The molecule has 0 aliphatic rings. The molecule has 216 valence electrons. The third-order valence-corrected chi connectivity index (χ3v) is 6.55. The van der Waals surface area contributed by atoms with E-state index >= 15 is 0 Å². The minimum absolute atomic E-state index is 0.118. The summed E-state index contributed by atoms with van der Waals surface area (Å²) < 4.78 is 5.13. The first-order valence-electron chi connectivity index (χ1n) is 13.4.